The van der Waals surface area contributed by atoms with E-state index in [-0.39, 0.29) is 24.3 Å². The third-order valence-corrected chi connectivity index (χ3v) is 5.93. The molecule has 2 atom stereocenters. The molecular weight excluding hydrogens is 410 g/mol. The van der Waals surface area contributed by atoms with E-state index in [9.17, 15) is 14.9 Å². The first-order valence-electron chi connectivity index (χ1n) is 10.6. The van der Waals surface area contributed by atoms with Crippen LogP contribution in [0.3, 0.4) is 0 Å². The van der Waals surface area contributed by atoms with Crippen LogP contribution in [0, 0.1) is 16.0 Å². The number of fused-ring (bicyclic) bond motifs is 3. The number of ether oxygens (including phenoxy) is 2. The van der Waals surface area contributed by atoms with Crippen molar-refractivity contribution in [2.75, 3.05) is 13.7 Å². The van der Waals surface area contributed by atoms with Gasteiger partial charge in [0.2, 0.25) is 0 Å². The summed E-state index contributed by atoms with van der Waals surface area (Å²) in [4.78, 5) is 23.1. The van der Waals surface area contributed by atoms with Gasteiger partial charge in [-0.05, 0) is 49.9 Å². The van der Waals surface area contributed by atoms with Gasteiger partial charge < -0.3 is 9.47 Å². The zero-order valence-electron chi connectivity index (χ0n) is 18.3. The van der Waals surface area contributed by atoms with E-state index in [0.717, 1.165) is 35.4 Å². The number of nitrogens with zero attached hydrogens (tertiary/aromatic N) is 3. The number of aryl methyl sites for hydroxylation is 1. The molecule has 1 heterocycles. The number of hydrogen-bond donors (Lipinski definition) is 0. The van der Waals surface area contributed by atoms with Gasteiger partial charge in [-0.15, -0.1) is 0 Å². The van der Waals surface area contributed by atoms with Crippen LogP contribution in [0.5, 0.6) is 5.75 Å². The minimum Gasteiger partial charge on any atom is -0.497 e. The summed E-state index contributed by atoms with van der Waals surface area (Å²) in [5.74, 6) is 0.318. The monoisotopic (exact) mass is 435 g/mol. The lowest BCUT2D eigenvalue weighted by molar-refractivity contribution is -0.385. The fourth-order valence-electron chi connectivity index (χ4n) is 4.49. The maximum Gasteiger partial charge on any atom is 0.332 e. The molecule has 2 aliphatic rings. The molecule has 8 heteroatoms. The van der Waals surface area contributed by atoms with E-state index in [1.165, 1.54) is 17.7 Å². The number of hydrazone groups is 1. The normalized spacial score (nSPS) is 19.7. The van der Waals surface area contributed by atoms with E-state index in [1.54, 1.807) is 38.1 Å². The summed E-state index contributed by atoms with van der Waals surface area (Å²) in [7, 11) is 1.63. The number of benzene rings is 2. The second-order valence-corrected chi connectivity index (χ2v) is 7.83. The van der Waals surface area contributed by atoms with Crippen LogP contribution in [0.4, 0.5) is 5.69 Å². The average Bonchev–Trinajstić information content (AvgIpc) is 3.19. The number of carbonyl (C=O) groups excluding carboxylic acids is 1. The zero-order chi connectivity index (χ0) is 22.8. The Kier molecular flexibility index (Phi) is 5.94. The minimum atomic E-state index is -0.445. The number of allylic oxidation sites excluding steroid dienone is 1. The van der Waals surface area contributed by atoms with Gasteiger partial charge >= 0.3 is 5.97 Å². The van der Waals surface area contributed by atoms with Gasteiger partial charge in [-0.3, -0.25) is 15.1 Å². The van der Waals surface area contributed by atoms with Crippen molar-refractivity contribution in [3.63, 3.8) is 0 Å². The van der Waals surface area contributed by atoms with Crippen LogP contribution >= 0.6 is 0 Å². The Balaban J connectivity index is 1.82. The summed E-state index contributed by atoms with van der Waals surface area (Å²) < 4.78 is 10.5. The lowest BCUT2D eigenvalue weighted by atomic mass is 9.77. The molecule has 166 valence electrons. The van der Waals surface area contributed by atoms with Crippen molar-refractivity contribution in [2.24, 2.45) is 11.0 Å². The number of carbonyl (C=O) groups is 1. The van der Waals surface area contributed by atoms with Crippen molar-refractivity contribution in [1.29, 1.82) is 0 Å². The Morgan fingerprint density at radius 3 is 2.84 bits per heavy atom. The van der Waals surface area contributed by atoms with E-state index in [1.807, 2.05) is 18.2 Å². The summed E-state index contributed by atoms with van der Waals surface area (Å²) in [6.07, 6.45) is 3.12. The van der Waals surface area contributed by atoms with Crippen LogP contribution in [0.2, 0.25) is 0 Å². The van der Waals surface area contributed by atoms with Crippen LogP contribution in [0.1, 0.15) is 43.0 Å². The lowest BCUT2D eigenvalue weighted by Crippen LogP contribution is -2.28. The number of hydrogen-bond acceptors (Lipinski definition) is 7. The third kappa shape index (κ3) is 3.95. The van der Waals surface area contributed by atoms with Crippen LogP contribution < -0.4 is 4.74 Å². The van der Waals surface area contributed by atoms with E-state index in [0.29, 0.717) is 5.70 Å². The summed E-state index contributed by atoms with van der Waals surface area (Å²) in [6.45, 7) is 3.83. The molecule has 0 spiro atoms. The van der Waals surface area contributed by atoms with Gasteiger partial charge in [0.05, 0.1) is 30.4 Å². The first-order chi connectivity index (χ1) is 15.4. The quantitative estimate of drug-likeness (QED) is 0.289. The van der Waals surface area contributed by atoms with Gasteiger partial charge in [0.15, 0.2) is 0 Å². The van der Waals surface area contributed by atoms with Crippen molar-refractivity contribution in [3.8, 4) is 5.75 Å². The fourth-order valence-corrected chi connectivity index (χ4v) is 4.49. The molecule has 2 unspecified atom stereocenters. The minimum absolute atomic E-state index is 0.0159. The largest absolute Gasteiger partial charge is 0.497 e. The molecule has 0 aromatic heterocycles. The highest BCUT2D eigenvalue weighted by Crippen LogP contribution is 2.45. The smallest absolute Gasteiger partial charge is 0.332 e. The topological polar surface area (TPSA) is 94.3 Å². The van der Waals surface area contributed by atoms with Crippen molar-refractivity contribution < 1.29 is 19.2 Å². The second kappa shape index (κ2) is 8.82. The fraction of sp³-hybridized carbons (Fsp3) is 0.333. The number of esters is 1. The van der Waals surface area contributed by atoms with Crippen molar-refractivity contribution >= 4 is 17.4 Å². The molecule has 8 nitrogen and oxygen atoms in total. The van der Waals surface area contributed by atoms with E-state index >= 15 is 0 Å². The van der Waals surface area contributed by atoms with Crippen LogP contribution in [-0.2, 0) is 16.0 Å². The van der Waals surface area contributed by atoms with Crippen LogP contribution in [0.15, 0.2) is 59.3 Å². The molecule has 0 bridgehead atoms. The number of nitro groups is 1. The summed E-state index contributed by atoms with van der Waals surface area (Å²) >= 11 is 0. The Labute approximate surface area is 186 Å². The molecule has 4 rings (SSSR count). The molecule has 0 radical (unpaired) electrons. The van der Waals surface area contributed by atoms with E-state index < -0.39 is 10.9 Å². The second-order valence-electron chi connectivity index (χ2n) is 7.83. The Bertz CT molecular complexity index is 1120. The molecular formula is C24H25N3O5. The highest BCUT2D eigenvalue weighted by molar-refractivity contribution is 6.06. The Morgan fingerprint density at radius 1 is 1.31 bits per heavy atom. The highest BCUT2D eigenvalue weighted by Gasteiger charge is 2.42. The molecule has 0 fully saturated rings. The van der Waals surface area contributed by atoms with Gasteiger partial charge in [0, 0.05) is 35.4 Å². The first-order valence-corrected chi connectivity index (χ1v) is 10.6. The molecule has 0 N–H and O–H groups in total. The molecule has 0 saturated heterocycles. The van der Waals surface area contributed by atoms with Crippen molar-refractivity contribution in [2.45, 2.75) is 32.7 Å². The Hall–Kier alpha value is -3.68. The Morgan fingerprint density at radius 2 is 2.12 bits per heavy atom. The third-order valence-electron chi connectivity index (χ3n) is 5.93. The summed E-state index contributed by atoms with van der Waals surface area (Å²) in [5, 5.41) is 18.1. The van der Waals surface area contributed by atoms with Crippen LogP contribution in [-0.4, -0.2) is 35.3 Å². The lowest BCUT2D eigenvalue weighted by Gasteiger charge is -2.31. The number of non-ortho nitro benzene ring substituents is 1. The molecule has 2 aromatic carbocycles. The van der Waals surface area contributed by atoms with Gasteiger partial charge in [-0.1, -0.05) is 18.2 Å². The maximum absolute atomic E-state index is 12.1. The highest BCUT2D eigenvalue weighted by atomic mass is 16.6. The van der Waals surface area contributed by atoms with Crippen LogP contribution in [0.25, 0.3) is 0 Å². The predicted octanol–water partition coefficient (Wildman–Crippen LogP) is 4.39. The van der Waals surface area contributed by atoms with E-state index in [2.05, 4.69) is 6.07 Å². The first kappa shape index (κ1) is 21.5. The number of nitro benzene ring substituents is 1. The summed E-state index contributed by atoms with van der Waals surface area (Å²) in [5.41, 5.74) is 4.53. The van der Waals surface area contributed by atoms with E-state index in [4.69, 9.17) is 14.6 Å². The SMILES string of the molecule is CCOC(=O)C=C(C)N1N=C2c3cc(OC)ccc3CCC2C1c1cccc([N+](=O)[O-])c1. The molecule has 0 saturated carbocycles. The van der Waals surface area contributed by atoms with Gasteiger partial charge in [-0.25, -0.2) is 4.79 Å². The van der Waals surface area contributed by atoms with Gasteiger partial charge in [0.1, 0.15) is 5.75 Å². The number of rotatable bonds is 6. The molecule has 0 amide bonds. The molecule has 2 aromatic rings. The predicted molar refractivity (Wildman–Crippen MR) is 119 cm³/mol. The van der Waals surface area contributed by atoms with Crippen molar-refractivity contribution in [3.05, 3.63) is 81.0 Å². The van der Waals surface area contributed by atoms with Gasteiger partial charge in [-0.2, -0.15) is 5.10 Å². The molecule has 1 aliphatic carbocycles. The number of methoxy groups -OCH3 is 1. The standard InChI is InChI=1S/C24H25N3O5/c1-4-32-22(28)12-15(2)26-24(17-6-5-7-18(13-17)27(29)30)20-11-9-16-8-10-19(31-3)14-21(16)23(20)25-26/h5-8,10,12-14,20,24H,4,9,11H2,1-3H3. The van der Waals surface area contributed by atoms with Gasteiger partial charge in [0.25, 0.3) is 5.69 Å². The molecule has 32 heavy (non-hydrogen) atoms. The molecule has 1 aliphatic heterocycles. The summed E-state index contributed by atoms with van der Waals surface area (Å²) in [6, 6.07) is 12.3. The maximum atomic E-state index is 12.1. The van der Waals surface area contributed by atoms with Crippen molar-refractivity contribution in [1.82, 2.24) is 5.01 Å². The average molecular weight is 435 g/mol. The zero-order valence-corrected chi connectivity index (χ0v) is 18.3.